The summed E-state index contributed by atoms with van der Waals surface area (Å²) in [6.45, 7) is 3.45. The van der Waals surface area contributed by atoms with Crippen LogP contribution in [-0.4, -0.2) is 72.3 Å². The van der Waals surface area contributed by atoms with Crippen molar-refractivity contribution in [3.63, 3.8) is 0 Å². The zero-order valence-corrected chi connectivity index (χ0v) is 19.5. The standard InChI is InChI=1S/C25H28ClN3O4/c1-33-25(32)23(20-5-2-3-6-21(20)26)27-13-15-28(16-14-27)24(31)19-10-8-18(9-11-19)17-29-12-4-7-22(29)30/h2-3,5-6,8-11,23H,4,7,12-17H2,1H3. The summed E-state index contributed by atoms with van der Waals surface area (Å²) in [6, 6.07) is 14.1. The lowest BCUT2D eigenvalue weighted by atomic mass is 10.0. The first kappa shape index (κ1) is 23.3. The maximum Gasteiger partial charge on any atom is 0.327 e. The van der Waals surface area contributed by atoms with Crippen LogP contribution in [0.4, 0.5) is 0 Å². The molecule has 2 aliphatic rings. The molecule has 8 heteroatoms. The summed E-state index contributed by atoms with van der Waals surface area (Å²) in [7, 11) is 1.37. The zero-order chi connectivity index (χ0) is 23.4. The molecular formula is C25H28ClN3O4. The highest BCUT2D eigenvalue weighted by Crippen LogP contribution is 2.29. The number of benzene rings is 2. The Hall–Kier alpha value is -2.90. The van der Waals surface area contributed by atoms with Crippen molar-refractivity contribution in [1.82, 2.24) is 14.7 Å². The van der Waals surface area contributed by atoms with Gasteiger partial charge in [-0.15, -0.1) is 0 Å². The maximum absolute atomic E-state index is 13.0. The molecule has 2 heterocycles. The second kappa shape index (κ2) is 10.4. The molecule has 1 unspecified atom stereocenters. The number of nitrogens with zero attached hydrogens (tertiary/aromatic N) is 3. The molecule has 0 aliphatic carbocycles. The molecule has 2 amide bonds. The van der Waals surface area contributed by atoms with Crippen LogP contribution in [0.1, 0.15) is 40.4 Å². The van der Waals surface area contributed by atoms with Crippen molar-refractivity contribution < 1.29 is 19.1 Å². The van der Waals surface area contributed by atoms with Gasteiger partial charge < -0.3 is 14.5 Å². The van der Waals surface area contributed by atoms with Gasteiger partial charge in [-0.25, -0.2) is 4.79 Å². The first-order valence-electron chi connectivity index (χ1n) is 11.2. The van der Waals surface area contributed by atoms with Crippen molar-refractivity contribution in [2.45, 2.75) is 25.4 Å². The van der Waals surface area contributed by atoms with Gasteiger partial charge in [-0.2, -0.15) is 0 Å². The van der Waals surface area contributed by atoms with E-state index in [-0.39, 0.29) is 17.8 Å². The van der Waals surface area contributed by atoms with Crippen LogP contribution in [0.25, 0.3) is 0 Å². The number of esters is 1. The molecule has 4 rings (SSSR count). The predicted octanol–water partition coefficient (Wildman–Crippen LogP) is 3.13. The zero-order valence-electron chi connectivity index (χ0n) is 18.7. The Bertz CT molecular complexity index is 1020. The fourth-order valence-electron chi connectivity index (χ4n) is 4.49. The van der Waals surface area contributed by atoms with Crippen molar-refractivity contribution >= 4 is 29.4 Å². The molecule has 2 aromatic carbocycles. The normalized spacial score (nSPS) is 17.8. The monoisotopic (exact) mass is 469 g/mol. The lowest BCUT2D eigenvalue weighted by Gasteiger charge is -2.38. The average molecular weight is 470 g/mol. The van der Waals surface area contributed by atoms with Crippen LogP contribution in [0, 0.1) is 0 Å². The summed E-state index contributed by atoms with van der Waals surface area (Å²) in [5.74, 6) is -0.212. The number of rotatable bonds is 6. The molecule has 1 atom stereocenters. The number of hydrogen-bond acceptors (Lipinski definition) is 5. The van der Waals surface area contributed by atoms with Crippen molar-refractivity contribution in [1.29, 1.82) is 0 Å². The molecule has 0 N–H and O–H groups in total. The Labute approximate surface area is 198 Å². The smallest absolute Gasteiger partial charge is 0.327 e. The molecule has 0 saturated carbocycles. The Morgan fingerprint density at radius 3 is 2.30 bits per heavy atom. The molecule has 2 fully saturated rings. The van der Waals surface area contributed by atoms with Gasteiger partial charge in [-0.1, -0.05) is 41.9 Å². The first-order chi connectivity index (χ1) is 16.0. The summed E-state index contributed by atoms with van der Waals surface area (Å²) in [5, 5.41) is 0.516. The van der Waals surface area contributed by atoms with E-state index in [9.17, 15) is 14.4 Å². The molecule has 2 aromatic rings. The van der Waals surface area contributed by atoms with Gasteiger partial charge in [0.25, 0.3) is 5.91 Å². The molecule has 33 heavy (non-hydrogen) atoms. The van der Waals surface area contributed by atoms with Crippen LogP contribution in [0.5, 0.6) is 0 Å². The molecule has 2 saturated heterocycles. The highest BCUT2D eigenvalue weighted by atomic mass is 35.5. The molecule has 174 valence electrons. The van der Waals surface area contributed by atoms with E-state index in [2.05, 4.69) is 0 Å². The van der Waals surface area contributed by atoms with Gasteiger partial charge >= 0.3 is 5.97 Å². The molecule has 7 nitrogen and oxygen atoms in total. The second-order valence-electron chi connectivity index (χ2n) is 8.39. The Morgan fingerprint density at radius 2 is 1.70 bits per heavy atom. The lowest BCUT2D eigenvalue weighted by Crippen LogP contribution is -2.51. The van der Waals surface area contributed by atoms with E-state index in [4.69, 9.17) is 16.3 Å². The van der Waals surface area contributed by atoms with E-state index >= 15 is 0 Å². The van der Waals surface area contributed by atoms with Gasteiger partial charge in [-0.3, -0.25) is 14.5 Å². The second-order valence-corrected chi connectivity index (χ2v) is 8.80. The summed E-state index contributed by atoms with van der Waals surface area (Å²) in [5.41, 5.74) is 2.35. The van der Waals surface area contributed by atoms with Crippen LogP contribution < -0.4 is 0 Å². The van der Waals surface area contributed by atoms with Gasteiger partial charge in [0, 0.05) is 56.3 Å². The van der Waals surface area contributed by atoms with Gasteiger partial charge in [0.1, 0.15) is 6.04 Å². The first-order valence-corrected chi connectivity index (χ1v) is 11.6. The lowest BCUT2D eigenvalue weighted by molar-refractivity contribution is -0.148. The summed E-state index contributed by atoms with van der Waals surface area (Å²) < 4.78 is 5.04. The number of carbonyl (C=O) groups excluding carboxylic acids is 3. The van der Waals surface area contributed by atoms with Crippen molar-refractivity contribution in [3.8, 4) is 0 Å². The Morgan fingerprint density at radius 1 is 1.00 bits per heavy atom. The van der Waals surface area contributed by atoms with Gasteiger partial charge in [0.2, 0.25) is 5.91 Å². The van der Waals surface area contributed by atoms with Gasteiger partial charge in [-0.05, 0) is 35.7 Å². The van der Waals surface area contributed by atoms with E-state index in [1.165, 1.54) is 7.11 Å². The highest BCUT2D eigenvalue weighted by molar-refractivity contribution is 6.31. The molecule has 0 spiro atoms. The number of likely N-dealkylation sites (tertiary alicyclic amines) is 1. The summed E-state index contributed by atoms with van der Waals surface area (Å²) in [6.07, 6.45) is 1.53. The number of amides is 2. The molecule has 0 bridgehead atoms. The molecule has 2 aliphatic heterocycles. The SMILES string of the molecule is COC(=O)C(c1ccccc1Cl)N1CCN(C(=O)c2ccc(CN3CCCC3=O)cc2)CC1. The highest BCUT2D eigenvalue weighted by Gasteiger charge is 2.33. The largest absolute Gasteiger partial charge is 0.468 e. The minimum atomic E-state index is -0.603. The molecule has 0 radical (unpaired) electrons. The van der Waals surface area contributed by atoms with Crippen LogP contribution in [0.3, 0.4) is 0 Å². The quantitative estimate of drug-likeness (QED) is 0.608. The molecule has 0 aromatic heterocycles. The summed E-state index contributed by atoms with van der Waals surface area (Å²) in [4.78, 5) is 43.1. The van der Waals surface area contributed by atoms with E-state index < -0.39 is 6.04 Å². The van der Waals surface area contributed by atoms with Crippen molar-refractivity contribution in [2.24, 2.45) is 0 Å². The minimum Gasteiger partial charge on any atom is -0.468 e. The number of hydrogen-bond donors (Lipinski definition) is 0. The number of piperazine rings is 1. The van der Waals surface area contributed by atoms with Crippen molar-refractivity contribution in [2.75, 3.05) is 39.8 Å². The van der Waals surface area contributed by atoms with E-state index in [1.807, 2.05) is 52.3 Å². The third-order valence-corrected chi connectivity index (χ3v) is 6.68. The van der Waals surface area contributed by atoms with Crippen LogP contribution in [-0.2, 0) is 20.9 Å². The van der Waals surface area contributed by atoms with E-state index in [0.29, 0.717) is 55.3 Å². The van der Waals surface area contributed by atoms with Crippen LogP contribution in [0.15, 0.2) is 48.5 Å². The predicted molar refractivity (Wildman–Crippen MR) is 125 cm³/mol. The fraction of sp³-hybridized carbons (Fsp3) is 0.400. The van der Waals surface area contributed by atoms with E-state index in [1.54, 1.807) is 11.0 Å². The molecular weight excluding hydrogens is 442 g/mol. The fourth-order valence-corrected chi connectivity index (χ4v) is 4.73. The number of halogens is 1. The third-order valence-electron chi connectivity index (χ3n) is 6.34. The van der Waals surface area contributed by atoms with Crippen LogP contribution in [0.2, 0.25) is 5.02 Å². The third kappa shape index (κ3) is 5.20. The van der Waals surface area contributed by atoms with Gasteiger partial charge in [0.05, 0.1) is 7.11 Å². The minimum absolute atomic E-state index is 0.0363. The number of methoxy groups -OCH3 is 1. The van der Waals surface area contributed by atoms with Crippen LogP contribution >= 0.6 is 11.6 Å². The Kier molecular flexibility index (Phi) is 7.30. The Balaban J connectivity index is 1.38. The number of carbonyl (C=O) groups is 3. The van der Waals surface area contributed by atoms with Gasteiger partial charge in [0.15, 0.2) is 0 Å². The van der Waals surface area contributed by atoms with Crippen molar-refractivity contribution in [3.05, 3.63) is 70.2 Å². The maximum atomic E-state index is 13.0. The summed E-state index contributed by atoms with van der Waals surface area (Å²) >= 11 is 6.35. The number of ether oxygens (including phenoxy) is 1. The topological polar surface area (TPSA) is 70.2 Å². The van der Waals surface area contributed by atoms with E-state index in [0.717, 1.165) is 18.5 Å². The average Bonchev–Trinajstić information content (AvgIpc) is 3.25.